The fourth-order valence-corrected chi connectivity index (χ4v) is 5.33. The first kappa shape index (κ1) is 22.0. The highest BCUT2D eigenvalue weighted by Crippen LogP contribution is 2.28. The van der Waals surface area contributed by atoms with Gasteiger partial charge in [-0.1, -0.05) is 48.5 Å². The van der Waals surface area contributed by atoms with Gasteiger partial charge >= 0.3 is 0 Å². The van der Waals surface area contributed by atoms with Gasteiger partial charge in [0.05, 0.1) is 4.90 Å². The minimum atomic E-state index is -3.46. The van der Waals surface area contributed by atoms with Crippen LogP contribution in [0.3, 0.4) is 0 Å². The molecular weight excluding hydrogens is 422 g/mol. The number of carbonyl (C=O) groups is 1. The topological polar surface area (TPSA) is 78.5 Å². The average Bonchev–Trinajstić information content (AvgIpc) is 3.36. The van der Waals surface area contributed by atoms with Crippen LogP contribution in [0.15, 0.2) is 83.8 Å². The minimum Gasteiger partial charge on any atom is -0.373 e. The fraction of sp³-hybridized carbons (Fsp3) is 0.240. The molecule has 1 aliphatic heterocycles. The van der Waals surface area contributed by atoms with Crippen LogP contribution in [-0.2, 0) is 14.8 Å². The van der Waals surface area contributed by atoms with E-state index in [0.717, 1.165) is 29.7 Å². The summed E-state index contributed by atoms with van der Waals surface area (Å²) in [6.45, 7) is 2.92. The molecule has 4 rings (SSSR count). The van der Waals surface area contributed by atoms with Gasteiger partial charge in [-0.25, -0.2) is 8.42 Å². The number of rotatable bonds is 7. The molecule has 0 radical (unpaired) electrons. The van der Waals surface area contributed by atoms with Gasteiger partial charge < -0.3 is 10.6 Å². The number of para-hydroxylation sites is 1. The monoisotopic (exact) mass is 449 g/mol. The highest BCUT2D eigenvalue weighted by atomic mass is 32.2. The molecule has 32 heavy (non-hydrogen) atoms. The molecule has 0 aromatic heterocycles. The highest BCUT2D eigenvalue weighted by molar-refractivity contribution is 7.89. The number of nitrogens with zero attached hydrogens (tertiary/aromatic N) is 1. The molecule has 1 saturated heterocycles. The number of anilines is 2. The summed E-state index contributed by atoms with van der Waals surface area (Å²) < 4.78 is 26.8. The van der Waals surface area contributed by atoms with E-state index in [1.165, 1.54) is 4.31 Å². The SMILES string of the molecule is C[C@H](Nc1ccccc1-c1ccccc1)C(=O)Nc1ccc(S(=O)(=O)N2CCCC2)cc1. The van der Waals surface area contributed by atoms with Crippen LogP contribution in [0.1, 0.15) is 19.8 Å². The molecule has 166 valence electrons. The largest absolute Gasteiger partial charge is 0.373 e. The maximum Gasteiger partial charge on any atom is 0.246 e. The Kier molecular flexibility index (Phi) is 6.58. The van der Waals surface area contributed by atoms with E-state index in [-0.39, 0.29) is 10.8 Å². The summed E-state index contributed by atoms with van der Waals surface area (Å²) in [5, 5.41) is 6.15. The summed E-state index contributed by atoms with van der Waals surface area (Å²) >= 11 is 0. The molecule has 1 heterocycles. The first-order chi connectivity index (χ1) is 15.4. The fourth-order valence-electron chi connectivity index (χ4n) is 3.82. The second-order valence-corrected chi connectivity index (χ2v) is 9.84. The molecule has 0 spiro atoms. The second-order valence-electron chi connectivity index (χ2n) is 7.90. The minimum absolute atomic E-state index is 0.206. The van der Waals surface area contributed by atoms with E-state index in [4.69, 9.17) is 0 Å². The van der Waals surface area contributed by atoms with Crippen LogP contribution in [0.5, 0.6) is 0 Å². The van der Waals surface area contributed by atoms with Gasteiger partial charge in [0.25, 0.3) is 0 Å². The van der Waals surface area contributed by atoms with Crippen LogP contribution in [0.25, 0.3) is 11.1 Å². The van der Waals surface area contributed by atoms with Crippen molar-refractivity contribution in [3.8, 4) is 11.1 Å². The van der Waals surface area contributed by atoms with Gasteiger partial charge in [0.1, 0.15) is 6.04 Å². The quantitative estimate of drug-likeness (QED) is 0.554. The van der Waals surface area contributed by atoms with Gasteiger partial charge in [0, 0.05) is 30.0 Å². The van der Waals surface area contributed by atoms with Gasteiger partial charge in [0.15, 0.2) is 0 Å². The predicted octanol–water partition coefficient (Wildman–Crippen LogP) is 4.58. The summed E-state index contributed by atoms with van der Waals surface area (Å²) in [7, 11) is -3.46. The zero-order chi connectivity index (χ0) is 22.6. The van der Waals surface area contributed by atoms with Crippen LogP contribution in [0.4, 0.5) is 11.4 Å². The number of nitrogens with one attached hydrogen (secondary N) is 2. The Bertz CT molecular complexity index is 1170. The smallest absolute Gasteiger partial charge is 0.246 e. The highest BCUT2D eigenvalue weighted by Gasteiger charge is 2.27. The second kappa shape index (κ2) is 9.54. The van der Waals surface area contributed by atoms with E-state index in [9.17, 15) is 13.2 Å². The Morgan fingerprint density at radius 2 is 1.50 bits per heavy atom. The Morgan fingerprint density at radius 3 is 2.19 bits per heavy atom. The molecule has 3 aromatic rings. The van der Waals surface area contributed by atoms with Crippen LogP contribution >= 0.6 is 0 Å². The van der Waals surface area contributed by atoms with E-state index >= 15 is 0 Å². The predicted molar refractivity (Wildman–Crippen MR) is 128 cm³/mol. The third-order valence-electron chi connectivity index (χ3n) is 5.60. The summed E-state index contributed by atoms with van der Waals surface area (Å²) in [6.07, 6.45) is 1.79. The number of sulfonamides is 1. The van der Waals surface area contributed by atoms with Crippen molar-refractivity contribution in [3.05, 3.63) is 78.9 Å². The lowest BCUT2D eigenvalue weighted by atomic mass is 10.0. The average molecular weight is 450 g/mol. The normalized spacial score (nSPS) is 15.3. The summed E-state index contributed by atoms with van der Waals surface area (Å²) in [5.41, 5.74) is 3.51. The molecule has 7 heteroatoms. The van der Waals surface area contributed by atoms with Crippen molar-refractivity contribution in [2.75, 3.05) is 23.7 Å². The number of benzene rings is 3. The summed E-state index contributed by atoms with van der Waals surface area (Å²) in [6, 6.07) is 23.7. The lowest BCUT2D eigenvalue weighted by molar-refractivity contribution is -0.116. The molecule has 1 aliphatic rings. The molecule has 0 unspecified atom stereocenters. The Morgan fingerprint density at radius 1 is 0.875 bits per heavy atom. The van der Waals surface area contributed by atoms with Crippen molar-refractivity contribution in [3.63, 3.8) is 0 Å². The van der Waals surface area contributed by atoms with Crippen LogP contribution in [0.2, 0.25) is 0 Å². The van der Waals surface area contributed by atoms with E-state index < -0.39 is 16.1 Å². The lowest BCUT2D eigenvalue weighted by Crippen LogP contribution is -2.32. The molecular formula is C25H27N3O3S. The zero-order valence-corrected chi connectivity index (χ0v) is 18.8. The van der Waals surface area contributed by atoms with E-state index in [1.807, 2.05) is 54.6 Å². The van der Waals surface area contributed by atoms with Crippen molar-refractivity contribution in [2.24, 2.45) is 0 Å². The van der Waals surface area contributed by atoms with Crippen molar-refractivity contribution < 1.29 is 13.2 Å². The van der Waals surface area contributed by atoms with Crippen LogP contribution in [0, 0.1) is 0 Å². The van der Waals surface area contributed by atoms with Gasteiger partial charge in [-0.05, 0) is 55.7 Å². The summed E-state index contributed by atoms with van der Waals surface area (Å²) in [5.74, 6) is -0.206. The lowest BCUT2D eigenvalue weighted by Gasteiger charge is -2.19. The molecule has 0 saturated carbocycles. The van der Waals surface area contributed by atoms with Crippen molar-refractivity contribution in [1.29, 1.82) is 0 Å². The van der Waals surface area contributed by atoms with Gasteiger partial charge in [-0.2, -0.15) is 4.31 Å². The van der Waals surface area contributed by atoms with Gasteiger partial charge in [-0.15, -0.1) is 0 Å². The first-order valence-electron chi connectivity index (χ1n) is 10.8. The standard InChI is InChI=1S/C25H27N3O3S/c1-19(26-24-12-6-5-11-23(24)20-9-3-2-4-10-20)25(29)27-21-13-15-22(16-14-21)32(30,31)28-17-7-8-18-28/h2-6,9-16,19,26H,7-8,17-18H2,1H3,(H,27,29)/t19-/m0/s1. The van der Waals surface area contributed by atoms with Crippen molar-refractivity contribution in [2.45, 2.75) is 30.7 Å². The Labute approximate surface area is 189 Å². The number of hydrogen-bond acceptors (Lipinski definition) is 4. The third kappa shape index (κ3) is 4.84. The Hall–Kier alpha value is -3.16. The zero-order valence-electron chi connectivity index (χ0n) is 18.0. The summed E-state index contributed by atoms with van der Waals surface area (Å²) in [4.78, 5) is 13.0. The molecule has 1 amide bonds. The van der Waals surface area contributed by atoms with Crippen molar-refractivity contribution >= 4 is 27.3 Å². The molecule has 2 N–H and O–H groups in total. The van der Waals surface area contributed by atoms with Crippen LogP contribution < -0.4 is 10.6 Å². The number of carbonyl (C=O) groups excluding carboxylic acids is 1. The van der Waals surface area contributed by atoms with E-state index in [0.29, 0.717) is 18.8 Å². The Balaban J connectivity index is 1.43. The van der Waals surface area contributed by atoms with E-state index in [1.54, 1.807) is 31.2 Å². The maximum absolute atomic E-state index is 12.8. The molecule has 1 fully saturated rings. The number of amides is 1. The first-order valence-corrected chi connectivity index (χ1v) is 12.2. The number of hydrogen-bond donors (Lipinski definition) is 2. The van der Waals surface area contributed by atoms with Crippen molar-refractivity contribution in [1.82, 2.24) is 4.31 Å². The van der Waals surface area contributed by atoms with Crippen LogP contribution in [-0.4, -0.2) is 37.8 Å². The molecule has 1 atom stereocenters. The van der Waals surface area contributed by atoms with E-state index in [2.05, 4.69) is 10.6 Å². The van der Waals surface area contributed by atoms with Gasteiger partial charge in [-0.3, -0.25) is 4.79 Å². The molecule has 3 aromatic carbocycles. The molecule has 0 aliphatic carbocycles. The molecule has 0 bridgehead atoms. The van der Waals surface area contributed by atoms with Gasteiger partial charge in [0.2, 0.25) is 15.9 Å². The molecule has 6 nitrogen and oxygen atoms in total. The maximum atomic E-state index is 12.8. The third-order valence-corrected chi connectivity index (χ3v) is 7.51.